The predicted octanol–water partition coefficient (Wildman–Crippen LogP) is 1.13. The Morgan fingerprint density at radius 1 is 1.10 bits per heavy atom. The summed E-state index contributed by atoms with van der Waals surface area (Å²) < 4.78 is 0. The number of rotatable bonds is 0. The minimum atomic E-state index is 1.47. The first-order valence-corrected chi connectivity index (χ1v) is 2.27. The van der Waals surface area contributed by atoms with E-state index in [1.807, 2.05) is 6.79 Å². The minimum absolute atomic E-state index is 1.47. The fraction of sp³-hybridized carbons (Fsp3) is 0. The Bertz CT molecular complexity index is 126. The number of hydrogen-bond acceptors (Lipinski definition) is 6. The van der Waals surface area contributed by atoms with Crippen molar-refractivity contribution < 1.29 is 4.79 Å². The number of hydrogen-bond donors (Lipinski definition) is 0. The lowest BCUT2D eigenvalue weighted by molar-refractivity contribution is -0.0979. The average molecular weight is 139 g/mol. The largest absolute Gasteiger partial charge is 0.307 e. The van der Waals surface area contributed by atoms with Crippen LogP contribution in [0.1, 0.15) is 0 Å². The summed E-state index contributed by atoms with van der Waals surface area (Å²) in [5.41, 5.74) is 0. The minimum Gasteiger partial charge on any atom is -0.307 e. The fourth-order valence-corrected chi connectivity index (χ4v) is 0.239. The summed E-state index contributed by atoms with van der Waals surface area (Å²) in [7, 11) is 0. The summed E-state index contributed by atoms with van der Waals surface area (Å²) in [6.07, 6.45) is 4.56. The zero-order chi connectivity index (χ0) is 7.66. The Balaban J connectivity index is 0.000000371. The molecule has 1 heterocycles. The zero-order valence-corrected chi connectivity index (χ0v) is 5.08. The van der Waals surface area contributed by atoms with Gasteiger partial charge >= 0.3 is 0 Å². The molecule has 0 bridgehead atoms. The van der Waals surface area contributed by atoms with Crippen LogP contribution in [0, 0.1) is 0 Å². The van der Waals surface area contributed by atoms with Crippen molar-refractivity contribution in [2.45, 2.75) is 0 Å². The van der Waals surface area contributed by atoms with E-state index in [-0.39, 0.29) is 0 Å². The first kappa shape index (κ1) is 8.28. The van der Waals surface area contributed by atoms with Gasteiger partial charge < -0.3 is 4.79 Å². The van der Waals surface area contributed by atoms with Gasteiger partial charge in [0.2, 0.25) is 0 Å². The molecule has 0 fully saturated rings. The lowest BCUT2D eigenvalue weighted by Crippen LogP contribution is -1.62. The number of allylic oxidation sites excluding steroid dienone is 1. The first-order valence-electron chi connectivity index (χ1n) is 2.27. The summed E-state index contributed by atoms with van der Waals surface area (Å²) in [6.45, 7) is 2.00. The molecule has 6 heteroatoms. The molecule has 0 radical (unpaired) electrons. The molecule has 1 aliphatic rings. The molecule has 0 spiro atoms. The summed E-state index contributed by atoms with van der Waals surface area (Å²) >= 11 is 0. The van der Waals surface area contributed by atoms with E-state index >= 15 is 0 Å². The summed E-state index contributed by atoms with van der Waals surface area (Å²) in [5.74, 6) is 0. The number of carbonyl (C=O) groups is 1. The Hall–Kier alpha value is -1.72. The van der Waals surface area contributed by atoms with Crippen LogP contribution in [-0.4, -0.2) is 13.0 Å². The molecule has 0 amide bonds. The maximum absolute atomic E-state index is 8.00. The third-order valence-electron chi connectivity index (χ3n) is 0.489. The van der Waals surface area contributed by atoms with E-state index in [0.29, 0.717) is 0 Å². The van der Waals surface area contributed by atoms with Crippen LogP contribution in [0.25, 0.3) is 0 Å². The van der Waals surface area contributed by atoms with E-state index < -0.39 is 0 Å². The van der Waals surface area contributed by atoms with Crippen molar-refractivity contribution in [3.05, 3.63) is 12.3 Å². The zero-order valence-electron chi connectivity index (χ0n) is 5.08. The highest BCUT2D eigenvalue weighted by atomic mass is 16.1. The second-order valence-electron chi connectivity index (χ2n) is 0.990. The molecule has 0 saturated heterocycles. The lowest BCUT2D eigenvalue weighted by Gasteiger charge is -1.74. The van der Waals surface area contributed by atoms with Crippen molar-refractivity contribution in [3.8, 4) is 0 Å². The van der Waals surface area contributed by atoms with Crippen molar-refractivity contribution in [2.75, 3.05) is 0 Å². The standard InChI is InChI=1S/C3H3N5.CH2O/c1-2-4-6-8-7-5-3-1;1-2/h1-3H;1H2. The van der Waals surface area contributed by atoms with Gasteiger partial charge in [-0.15, -0.1) is 10.2 Å². The summed E-state index contributed by atoms with van der Waals surface area (Å²) in [5, 5.41) is 16.4. The molecule has 1 aliphatic heterocycles. The van der Waals surface area contributed by atoms with Crippen molar-refractivity contribution in [1.82, 2.24) is 0 Å². The van der Waals surface area contributed by atoms with Crippen LogP contribution in [0.15, 0.2) is 38.2 Å². The van der Waals surface area contributed by atoms with Crippen LogP contribution in [0.2, 0.25) is 0 Å². The molecular weight excluding hydrogens is 134 g/mol. The monoisotopic (exact) mass is 139 g/mol. The Morgan fingerprint density at radius 3 is 2.70 bits per heavy atom. The molecular formula is C4H5N5O. The van der Waals surface area contributed by atoms with Gasteiger partial charge in [0.15, 0.2) is 0 Å². The highest BCUT2D eigenvalue weighted by molar-refractivity contribution is 5.70. The fourth-order valence-electron chi connectivity index (χ4n) is 0.239. The summed E-state index contributed by atoms with van der Waals surface area (Å²) in [4.78, 5) is 8.00. The molecule has 10 heavy (non-hydrogen) atoms. The quantitative estimate of drug-likeness (QED) is 0.495. The molecule has 0 saturated carbocycles. The molecule has 0 aromatic carbocycles. The third kappa shape index (κ3) is 4.44. The normalized spacial score (nSPS) is 13.2. The van der Waals surface area contributed by atoms with Crippen molar-refractivity contribution in [2.24, 2.45) is 25.9 Å². The molecule has 1 rings (SSSR count). The lowest BCUT2D eigenvalue weighted by atomic mass is 10.7. The van der Waals surface area contributed by atoms with Gasteiger partial charge in [0.05, 0.1) is 12.4 Å². The van der Waals surface area contributed by atoms with Crippen molar-refractivity contribution >= 4 is 13.0 Å². The average Bonchev–Trinajstić information content (AvgIpc) is 1.90. The molecule has 0 aromatic heterocycles. The Morgan fingerprint density at radius 2 is 1.90 bits per heavy atom. The van der Waals surface area contributed by atoms with Crippen LogP contribution < -0.4 is 0 Å². The van der Waals surface area contributed by atoms with Gasteiger partial charge in [0.25, 0.3) is 0 Å². The second-order valence-corrected chi connectivity index (χ2v) is 0.990. The van der Waals surface area contributed by atoms with Gasteiger partial charge in [-0.3, -0.25) is 0 Å². The van der Waals surface area contributed by atoms with Crippen LogP contribution in [0.4, 0.5) is 0 Å². The molecule has 0 aliphatic carbocycles. The van der Waals surface area contributed by atoms with Gasteiger partial charge in [-0.1, -0.05) is 0 Å². The van der Waals surface area contributed by atoms with E-state index in [4.69, 9.17) is 4.79 Å². The van der Waals surface area contributed by atoms with Gasteiger partial charge in [0, 0.05) is 0 Å². The highest BCUT2D eigenvalue weighted by Gasteiger charge is 1.68. The topological polar surface area (TPSA) is 78.9 Å². The molecule has 0 atom stereocenters. The van der Waals surface area contributed by atoms with Gasteiger partial charge in [-0.2, -0.15) is 0 Å². The van der Waals surface area contributed by atoms with Gasteiger partial charge in [0.1, 0.15) is 6.79 Å². The smallest absolute Gasteiger partial charge is 0.106 e. The molecule has 6 nitrogen and oxygen atoms in total. The SMILES string of the molecule is C1=CN=NN=NN=C1.C=O. The van der Waals surface area contributed by atoms with Crippen LogP contribution in [-0.2, 0) is 4.79 Å². The number of carbonyl (C=O) groups excluding carboxylic acids is 1. The second kappa shape index (κ2) is 7.28. The van der Waals surface area contributed by atoms with Gasteiger partial charge in [-0.25, -0.2) is 0 Å². The van der Waals surface area contributed by atoms with Gasteiger partial charge in [-0.05, 0) is 21.7 Å². The van der Waals surface area contributed by atoms with E-state index in [1.165, 1.54) is 12.4 Å². The molecule has 0 unspecified atom stereocenters. The van der Waals surface area contributed by atoms with E-state index in [1.54, 1.807) is 6.08 Å². The van der Waals surface area contributed by atoms with E-state index in [0.717, 1.165) is 0 Å². The third-order valence-corrected chi connectivity index (χ3v) is 0.489. The van der Waals surface area contributed by atoms with Crippen LogP contribution >= 0.6 is 0 Å². The Labute approximate surface area is 57.0 Å². The molecule has 0 N–H and O–H groups in total. The van der Waals surface area contributed by atoms with Crippen LogP contribution in [0.3, 0.4) is 0 Å². The first-order chi connectivity index (χ1) is 5.00. The van der Waals surface area contributed by atoms with E-state index in [9.17, 15) is 0 Å². The van der Waals surface area contributed by atoms with Crippen molar-refractivity contribution in [1.29, 1.82) is 0 Å². The van der Waals surface area contributed by atoms with Crippen LogP contribution in [0.5, 0.6) is 0 Å². The maximum Gasteiger partial charge on any atom is 0.106 e. The van der Waals surface area contributed by atoms with E-state index in [2.05, 4.69) is 25.9 Å². The molecule has 0 aromatic rings. The molecule has 52 valence electrons. The predicted molar refractivity (Wildman–Crippen MR) is 34.5 cm³/mol. The number of nitrogens with zero attached hydrogens (tertiary/aromatic N) is 5. The highest BCUT2D eigenvalue weighted by Crippen LogP contribution is 1.85. The maximum atomic E-state index is 8.00. The Kier molecular flexibility index (Phi) is 6.03. The van der Waals surface area contributed by atoms with Crippen molar-refractivity contribution in [3.63, 3.8) is 0 Å². The summed E-state index contributed by atoms with van der Waals surface area (Å²) in [6, 6.07) is 0.